The molecule has 0 spiro atoms. The van der Waals surface area contributed by atoms with Crippen molar-refractivity contribution in [2.45, 2.75) is 12.3 Å². The van der Waals surface area contributed by atoms with Gasteiger partial charge in [-0.15, -0.1) is 11.6 Å². The average Bonchev–Trinajstić information content (AvgIpc) is 2.56. The molecule has 0 aliphatic carbocycles. The molecule has 0 N–H and O–H groups in total. The highest BCUT2D eigenvalue weighted by Gasteiger charge is 2.21. The van der Waals surface area contributed by atoms with Crippen LogP contribution in [0, 0.1) is 0 Å². The van der Waals surface area contributed by atoms with Gasteiger partial charge in [0.05, 0.1) is 6.61 Å². The lowest BCUT2D eigenvalue weighted by molar-refractivity contribution is 0.0913. The van der Waals surface area contributed by atoms with Gasteiger partial charge in [0.15, 0.2) is 5.78 Å². The first-order valence-electron chi connectivity index (χ1n) is 7.11. The molecule has 0 bridgehead atoms. The third-order valence-electron chi connectivity index (χ3n) is 3.35. The van der Waals surface area contributed by atoms with Gasteiger partial charge < -0.3 is 4.74 Å². The molecule has 0 aliphatic rings. The Balaban J connectivity index is 2.14. The van der Waals surface area contributed by atoms with Crippen molar-refractivity contribution in [2.75, 3.05) is 19.1 Å². The molecular formula is C18H19ClO2. The molecular weight excluding hydrogens is 284 g/mol. The van der Waals surface area contributed by atoms with Crippen LogP contribution in [0.5, 0.6) is 0 Å². The molecule has 0 aliphatic heterocycles. The number of rotatable bonds is 8. The summed E-state index contributed by atoms with van der Waals surface area (Å²) in [5.41, 5.74) is 1.77. The van der Waals surface area contributed by atoms with E-state index in [0.29, 0.717) is 25.5 Å². The largest absolute Gasteiger partial charge is 0.380 e. The fourth-order valence-corrected chi connectivity index (χ4v) is 2.40. The maximum Gasteiger partial charge on any atom is 0.170 e. The summed E-state index contributed by atoms with van der Waals surface area (Å²) in [7, 11) is 0. The lowest BCUT2D eigenvalue weighted by Crippen LogP contribution is -2.15. The van der Waals surface area contributed by atoms with Crippen molar-refractivity contribution in [1.29, 1.82) is 0 Å². The lowest BCUT2D eigenvalue weighted by atomic mass is 9.88. The van der Waals surface area contributed by atoms with Crippen LogP contribution in [0.1, 0.15) is 28.3 Å². The van der Waals surface area contributed by atoms with Crippen molar-refractivity contribution in [3.05, 3.63) is 71.8 Å². The number of carbonyl (C=O) groups excluding carboxylic acids is 1. The van der Waals surface area contributed by atoms with Crippen LogP contribution in [0.3, 0.4) is 0 Å². The monoisotopic (exact) mass is 302 g/mol. The summed E-state index contributed by atoms with van der Waals surface area (Å²) in [6.45, 7) is 1.05. The average molecular weight is 303 g/mol. The molecule has 1 unspecified atom stereocenters. The molecule has 21 heavy (non-hydrogen) atoms. The van der Waals surface area contributed by atoms with Crippen LogP contribution in [-0.4, -0.2) is 24.9 Å². The topological polar surface area (TPSA) is 26.3 Å². The summed E-state index contributed by atoms with van der Waals surface area (Å²) in [6, 6.07) is 19.3. The Morgan fingerprint density at radius 1 is 0.952 bits per heavy atom. The van der Waals surface area contributed by atoms with Crippen LogP contribution in [0.15, 0.2) is 60.7 Å². The number of halogens is 1. The minimum absolute atomic E-state index is 0.135. The van der Waals surface area contributed by atoms with Crippen molar-refractivity contribution >= 4 is 17.4 Å². The summed E-state index contributed by atoms with van der Waals surface area (Å²) >= 11 is 5.60. The molecule has 0 amide bonds. The minimum Gasteiger partial charge on any atom is -0.380 e. The first-order valence-corrected chi connectivity index (χ1v) is 7.64. The second-order valence-corrected chi connectivity index (χ2v) is 5.16. The van der Waals surface area contributed by atoms with Gasteiger partial charge in [0.2, 0.25) is 0 Å². The van der Waals surface area contributed by atoms with Crippen molar-refractivity contribution < 1.29 is 9.53 Å². The Labute approximate surface area is 130 Å². The Hall–Kier alpha value is -1.64. The molecule has 2 aromatic rings. The number of hydrogen-bond acceptors (Lipinski definition) is 2. The van der Waals surface area contributed by atoms with Crippen LogP contribution in [0.25, 0.3) is 0 Å². The number of carbonyl (C=O) groups is 1. The van der Waals surface area contributed by atoms with E-state index in [2.05, 4.69) is 0 Å². The number of alkyl halides is 1. The van der Waals surface area contributed by atoms with Gasteiger partial charge >= 0.3 is 0 Å². The Bertz CT molecular complexity index is 540. The predicted molar refractivity (Wildman–Crippen MR) is 86.1 cm³/mol. The van der Waals surface area contributed by atoms with Gasteiger partial charge in [0.1, 0.15) is 0 Å². The molecule has 0 saturated heterocycles. The van der Waals surface area contributed by atoms with E-state index in [4.69, 9.17) is 16.3 Å². The minimum atomic E-state index is -0.177. The first-order chi connectivity index (χ1) is 10.3. The summed E-state index contributed by atoms with van der Waals surface area (Å²) in [6.07, 6.45) is 0.661. The second kappa shape index (κ2) is 8.60. The molecule has 0 aromatic heterocycles. The van der Waals surface area contributed by atoms with E-state index >= 15 is 0 Å². The summed E-state index contributed by atoms with van der Waals surface area (Å²) in [4.78, 5) is 12.7. The molecule has 3 heteroatoms. The lowest BCUT2D eigenvalue weighted by Gasteiger charge is -2.16. The van der Waals surface area contributed by atoms with E-state index in [0.717, 1.165) is 11.1 Å². The SMILES string of the molecule is O=C(c1ccccc1)C(CCOCCCl)c1ccccc1. The van der Waals surface area contributed by atoms with E-state index in [-0.39, 0.29) is 11.7 Å². The fraction of sp³-hybridized carbons (Fsp3) is 0.278. The molecule has 0 saturated carbocycles. The fourth-order valence-electron chi connectivity index (χ4n) is 2.30. The van der Waals surface area contributed by atoms with Gasteiger partial charge in [-0.1, -0.05) is 60.7 Å². The van der Waals surface area contributed by atoms with Crippen LogP contribution < -0.4 is 0 Å². The predicted octanol–water partition coefficient (Wildman–Crippen LogP) is 4.30. The van der Waals surface area contributed by atoms with Crippen LogP contribution >= 0.6 is 11.6 Å². The zero-order chi connectivity index (χ0) is 14.9. The van der Waals surface area contributed by atoms with E-state index in [1.54, 1.807) is 0 Å². The molecule has 0 fully saturated rings. The van der Waals surface area contributed by atoms with Gasteiger partial charge in [-0.05, 0) is 12.0 Å². The zero-order valence-corrected chi connectivity index (χ0v) is 12.6. The zero-order valence-electron chi connectivity index (χ0n) is 11.9. The van der Waals surface area contributed by atoms with Gasteiger partial charge in [-0.25, -0.2) is 0 Å². The number of hydrogen-bond donors (Lipinski definition) is 0. The maximum atomic E-state index is 12.7. The standard InChI is InChI=1S/C18H19ClO2/c19-12-14-21-13-11-17(15-7-3-1-4-8-15)18(20)16-9-5-2-6-10-16/h1-10,17H,11-14H2. The summed E-state index contributed by atoms with van der Waals surface area (Å²) in [5, 5.41) is 0. The highest BCUT2D eigenvalue weighted by atomic mass is 35.5. The number of Topliss-reactive ketones (excluding diaryl/α,β-unsaturated/α-hetero) is 1. The van der Waals surface area contributed by atoms with Crippen molar-refractivity contribution in [2.24, 2.45) is 0 Å². The Morgan fingerprint density at radius 2 is 1.57 bits per heavy atom. The maximum absolute atomic E-state index is 12.7. The third kappa shape index (κ3) is 4.69. The van der Waals surface area contributed by atoms with Gasteiger partial charge in [-0.2, -0.15) is 0 Å². The second-order valence-electron chi connectivity index (χ2n) is 4.78. The normalized spacial score (nSPS) is 12.0. The van der Waals surface area contributed by atoms with Crippen molar-refractivity contribution in [1.82, 2.24) is 0 Å². The number of ketones is 1. The molecule has 2 rings (SSSR count). The van der Waals surface area contributed by atoms with E-state index in [1.165, 1.54) is 0 Å². The van der Waals surface area contributed by atoms with Crippen LogP contribution in [0.2, 0.25) is 0 Å². The first kappa shape index (κ1) is 15.7. The molecule has 110 valence electrons. The van der Waals surface area contributed by atoms with E-state index < -0.39 is 0 Å². The molecule has 0 radical (unpaired) electrons. The summed E-state index contributed by atoms with van der Waals surface area (Å²) in [5.74, 6) is 0.433. The van der Waals surface area contributed by atoms with E-state index in [9.17, 15) is 4.79 Å². The third-order valence-corrected chi connectivity index (χ3v) is 3.50. The Morgan fingerprint density at radius 3 is 2.19 bits per heavy atom. The van der Waals surface area contributed by atoms with Crippen molar-refractivity contribution in [3.63, 3.8) is 0 Å². The van der Waals surface area contributed by atoms with Crippen LogP contribution in [0.4, 0.5) is 0 Å². The molecule has 2 aromatic carbocycles. The number of benzene rings is 2. The summed E-state index contributed by atoms with van der Waals surface area (Å²) < 4.78 is 5.44. The highest BCUT2D eigenvalue weighted by molar-refractivity contribution is 6.17. The van der Waals surface area contributed by atoms with Gasteiger partial charge in [0, 0.05) is 24.0 Å². The quantitative estimate of drug-likeness (QED) is 0.413. The highest BCUT2D eigenvalue weighted by Crippen LogP contribution is 2.24. The number of ether oxygens (including phenoxy) is 1. The van der Waals surface area contributed by atoms with E-state index in [1.807, 2.05) is 60.7 Å². The smallest absolute Gasteiger partial charge is 0.170 e. The molecule has 1 atom stereocenters. The van der Waals surface area contributed by atoms with Crippen molar-refractivity contribution in [3.8, 4) is 0 Å². The van der Waals surface area contributed by atoms with Gasteiger partial charge in [0.25, 0.3) is 0 Å². The van der Waals surface area contributed by atoms with Gasteiger partial charge in [-0.3, -0.25) is 4.79 Å². The van der Waals surface area contributed by atoms with Crippen LogP contribution in [-0.2, 0) is 4.74 Å². The molecule has 2 nitrogen and oxygen atoms in total. The Kier molecular flexibility index (Phi) is 6.45. The molecule has 0 heterocycles.